The molecule has 0 aliphatic carbocycles. The van der Waals surface area contributed by atoms with Crippen LogP contribution in [0.3, 0.4) is 0 Å². The van der Waals surface area contributed by atoms with E-state index in [4.69, 9.17) is 4.74 Å². The largest absolute Gasteiger partial charge is 0.383 e. The maximum Gasteiger partial charge on any atom is 0.0623 e. The molecule has 1 rings (SSSR count). The summed E-state index contributed by atoms with van der Waals surface area (Å²) in [6, 6.07) is 0.623. The molecule has 0 N–H and O–H groups in total. The van der Waals surface area contributed by atoms with Crippen LogP contribution in [-0.4, -0.2) is 38.3 Å². The van der Waals surface area contributed by atoms with Crippen molar-refractivity contribution >= 4 is 0 Å². The minimum Gasteiger partial charge on any atom is -0.383 e. The van der Waals surface area contributed by atoms with Crippen molar-refractivity contribution in [2.75, 3.05) is 27.3 Å². The normalized spacial score (nSPS) is 31.8. The van der Waals surface area contributed by atoms with E-state index >= 15 is 0 Å². The SMILES string of the molecule is COC[C@@H]1N(C)CC1(C)C. The van der Waals surface area contributed by atoms with Crippen molar-refractivity contribution < 1.29 is 4.74 Å². The molecule has 2 heteroatoms. The summed E-state index contributed by atoms with van der Waals surface area (Å²) in [6.45, 7) is 6.64. The van der Waals surface area contributed by atoms with E-state index in [9.17, 15) is 0 Å². The monoisotopic (exact) mass is 143 g/mol. The first-order valence-electron chi connectivity index (χ1n) is 3.77. The Hall–Kier alpha value is -0.0800. The second kappa shape index (κ2) is 2.51. The molecule has 0 aromatic carbocycles. The molecule has 1 atom stereocenters. The lowest BCUT2D eigenvalue weighted by Gasteiger charge is -2.52. The van der Waals surface area contributed by atoms with Gasteiger partial charge in [0.25, 0.3) is 0 Å². The molecule has 0 bridgehead atoms. The molecule has 0 aromatic heterocycles. The van der Waals surface area contributed by atoms with Crippen molar-refractivity contribution in [1.82, 2.24) is 4.90 Å². The summed E-state index contributed by atoms with van der Waals surface area (Å²) in [5.74, 6) is 0. The van der Waals surface area contributed by atoms with E-state index < -0.39 is 0 Å². The van der Waals surface area contributed by atoms with E-state index in [2.05, 4.69) is 25.8 Å². The van der Waals surface area contributed by atoms with Crippen molar-refractivity contribution in [1.29, 1.82) is 0 Å². The Balaban J connectivity index is 2.40. The van der Waals surface area contributed by atoms with Gasteiger partial charge in [-0.1, -0.05) is 13.8 Å². The van der Waals surface area contributed by atoms with Crippen LogP contribution in [-0.2, 0) is 4.74 Å². The summed E-state index contributed by atoms with van der Waals surface area (Å²) in [5.41, 5.74) is 0.463. The van der Waals surface area contributed by atoms with E-state index in [0.717, 1.165) is 6.61 Å². The van der Waals surface area contributed by atoms with E-state index in [0.29, 0.717) is 11.5 Å². The molecule has 0 saturated carbocycles. The third-order valence-electron chi connectivity index (χ3n) is 2.42. The molecule has 1 aliphatic heterocycles. The third kappa shape index (κ3) is 1.18. The number of rotatable bonds is 2. The first-order valence-corrected chi connectivity index (χ1v) is 3.77. The quantitative estimate of drug-likeness (QED) is 0.571. The molecule has 1 fully saturated rings. The number of methoxy groups -OCH3 is 1. The molecule has 0 radical (unpaired) electrons. The predicted octanol–water partition coefficient (Wildman–Crippen LogP) is 0.973. The maximum atomic E-state index is 5.11. The van der Waals surface area contributed by atoms with Crippen molar-refractivity contribution in [3.8, 4) is 0 Å². The van der Waals surface area contributed by atoms with Gasteiger partial charge in [0.1, 0.15) is 0 Å². The predicted molar refractivity (Wildman–Crippen MR) is 42.1 cm³/mol. The molecule has 0 spiro atoms. The van der Waals surface area contributed by atoms with Crippen LogP contribution in [0.2, 0.25) is 0 Å². The Bertz CT molecular complexity index is 122. The number of hydrogen-bond donors (Lipinski definition) is 0. The average Bonchev–Trinajstić information content (AvgIpc) is 1.82. The van der Waals surface area contributed by atoms with Gasteiger partial charge in [0.05, 0.1) is 6.61 Å². The van der Waals surface area contributed by atoms with Gasteiger partial charge in [0.15, 0.2) is 0 Å². The third-order valence-corrected chi connectivity index (χ3v) is 2.42. The van der Waals surface area contributed by atoms with Crippen LogP contribution < -0.4 is 0 Å². The fraction of sp³-hybridized carbons (Fsp3) is 1.00. The van der Waals surface area contributed by atoms with Crippen LogP contribution in [0.15, 0.2) is 0 Å². The zero-order valence-electron chi connectivity index (χ0n) is 7.35. The summed E-state index contributed by atoms with van der Waals surface area (Å²) >= 11 is 0. The Morgan fingerprint density at radius 2 is 2.20 bits per heavy atom. The fourth-order valence-corrected chi connectivity index (χ4v) is 1.85. The number of likely N-dealkylation sites (tertiary alicyclic amines) is 1. The molecular formula is C8H17NO. The molecule has 10 heavy (non-hydrogen) atoms. The topological polar surface area (TPSA) is 12.5 Å². The second-order valence-electron chi connectivity index (χ2n) is 3.87. The summed E-state index contributed by atoms with van der Waals surface area (Å²) in [4.78, 5) is 2.34. The van der Waals surface area contributed by atoms with Gasteiger partial charge in [0.2, 0.25) is 0 Å². The number of ether oxygens (including phenoxy) is 1. The van der Waals surface area contributed by atoms with Crippen LogP contribution in [0.1, 0.15) is 13.8 Å². The van der Waals surface area contributed by atoms with Gasteiger partial charge in [-0.15, -0.1) is 0 Å². The van der Waals surface area contributed by atoms with Gasteiger partial charge in [-0.3, -0.25) is 4.90 Å². The summed E-state index contributed by atoms with van der Waals surface area (Å²) in [6.07, 6.45) is 0. The number of likely N-dealkylation sites (N-methyl/N-ethyl adjacent to an activating group) is 1. The van der Waals surface area contributed by atoms with Crippen LogP contribution in [0.25, 0.3) is 0 Å². The highest BCUT2D eigenvalue weighted by Crippen LogP contribution is 2.35. The highest BCUT2D eigenvalue weighted by molar-refractivity contribution is 4.96. The average molecular weight is 143 g/mol. The lowest BCUT2D eigenvalue weighted by molar-refractivity contribution is -0.0670. The number of nitrogens with zero attached hydrogens (tertiary/aromatic N) is 1. The molecule has 0 amide bonds. The minimum absolute atomic E-state index is 0.463. The van der Waals surface area contributed by atoms with Crippen molar-refractivity contribution in [3.05, 3.63) is 0 Å². The highest BCUT2D eigenvalue weighted by atomic mass is 16.5. The first kappa shape index (κ1) is 8.02. The molecular weight excluding hydrogens is 126 g/mol. The maximum absolute atomic E-state index is 5.11. The molecule has 2 nitrogen and oxygen atoms in total. The summed E-state index contributed by atoms with van der Waals surface area (Å²) in [7, 11) is 3.91. The van der Waals surface area contributed by atoms with Crippen LogP contribution in [0.5, 0.6) is 0 Å². The summed E-state index contributed by atoms with van der Waals surface area (Å²) in [5, 5.41) is 0. The molecule has 1 saturated heterocycles. The van der Waals surface area contributed by atoms with Gasteiger partial charge in [-0.2, -0.15) is 0 Å². The van der Waals surface area contributed by atoms with E-state index in [1.807, 2.05) is 0 Å². The highest BCUT2D eigenvalue weighted by Gasteiger charge is 2.42. The van der Waals surface area contributed by atoms with Gasteiger partial charge in [-0.25, -0.2) is 0 Å². The van der Waals surface area contributed by atoms with Gasteiger partial charge < -0.3 is 4.74 Å². The lowest BCUT2D eigenvalue weighted by atomic mass is 9.76. The van der Waals surface area contributed by atoms with Crippen molar-refractivity contribution in [3.63, 3.8) is 0 Å². The van der Waals surface area contributed by atoms with Gasteiger partial charge >= 0.3 is 0 Å². The lowest BCUT2D eigenvalue weighted by Crippen LogP contribution is -2.61. The second-order valence-corrected chi connectivity index (χ2v) is 3.87. The van der Waals surface area contributed by atoms with E-state index in [-0.39, 0.29) is 0 Å². The first-order chi connectivity index (χ1) is 4.58. The smallest absolute Gasteiger partial charge is 0.0623 e. The molecule has 1 heterocycles. The summed E-state index contributed by atoms with van der Waals surface area (Å²) < 4.78 is 5.11. The molecule has 0 unspecified atom stereocenters. The van der Waals surface area contributed by atoms with Crippen molar-refractivity contribution in [2.45, 2.75) is 19.9 Å². The van der Waals surface area contributed by atoms with Gasteiger partial charge in [-0.05, 0) is 12.5 Å². The van der Waals surface area contributed by atoms with E-state index in [1.165, 1.54) is 6.54 Å². The zero-order chi connectivity index (χ0) is 7.78. The van der Waals surface area contributed by atoms with Crippen LogP contribution in [0.4, 0.5) is 0 Å². The Morgan fingerprint density at radius 1 is 1.60 bits per heavy atom. The van der Waals surface area contributed by atoms with Crippen molar-refractivity contribution in [2.24, 2.45) is 5.41 Å². The minimum atomic E-state index is 0.463. The van der Waals surface area contributed by atoms with Gasteiger partial charge in [0, 0.05) is 19.7 Å². The van der Waals surface area contributed by atoms with Crippen LogP contribution >= 0.6 is 0 Å². The number of hydrogen-bond acceptors (Lipinski definition) is 2. The standard InChI is InChI=1S/C8H17NO/c1-8(2)6-9(3)7(8)5-10-4/h7H,5-6H2,1-4H3/t7-/m0/s1. The van der Waals surface area contributed by atoms with Crippen LogP contribution in [0, 0.1) is 5.41 Å². The fourth-order valence-electron chi connectivity index (χ4n) is 1.85. The zero-order valence-corrected chi connectivity index (χ0v) is 7.35. The Kier molecular flexibility index (Phi) is 2.02. The molecule has 1 aliphatic rings. The Morgan fingerprint density at radius 3 is 2.40 bits per heavy atom. The van der Waals surface area contributed by atoms with E-state index in [1.54, 1.807) is 7.11 Å². The molecule has 60 valence electrons. The molecule has 0 aromatic rings. The Labute approximate surface area is 63.2 Å².